The number of unbranched alkanes of at least 4 members (excludes halogenated alkanes) is 9. The zero-order chi connectivity index (χ0) is 20.9. The van der Waals surface area contributed by atoms with Crippen LogP contribution >= 0.6 is 0 Å². The Kier molecular flexibility index (Phi) is 17.1. The molecule has 0 aromatic rings. The molecule has 0 aromatic heterocycles. The Morgan fingerprint density at radius 1 is 0.893 bits per heavy atom. The molecular weight excluding hydrogens is 352 g/mol. The van der Waals surface area contributed by atoms with E-state index in [0.717, 1.165) is 19.3 Å². The summed E-state index contributed by atoms with van der Waals surface area (Å²) < 4.78 is 5.15. The molecule has 0 bridgehead atoms. The summed E-state index contributed by atoms with van der Waals surface area (Å²) >= 11 is 0. The van der Waals surface area contributed by atoms with E-state index < -0.39 is 5.97 Å². The summed E-state index contributed by atoms with van der Waals surface area (Å²) in [4.78, 5) is 23.0. The Bertz CT molecular complexity index is 589. The Labute approximate surface area is 170 Å². The van der Waals surface area contributed by atoms with Crippen molar-refractivity contribution in [3.63, 3.8) is 0 Å². The Morgan fingerprint density at radius 2 is 1.43 bits per heavy atom. The van der Waals surface area contributed by atoms with Crippen LogP contribution in [-0.4, -0.2) is 30.8 Å². The predicted molar refractivity (Wildman–Crippen MR) is 111 cm³/mol. The number of carbonyl (C=O) groups excluding carboxylic acids is 1. The number of allylic oxidation sites excluding steroid dienone is 2. The highest BCUT2D eigenvalue weighted by atomic mass is 16.5. The molecule has 0 aliphatic carbocycles. The van der Waals surface area contributed by atoms with E-state index in [1.165, 1.54) is 68.2 Å². The maximum absolute atomic E-state index is 11.9. The van der Waals surface area contributed by atoms with Crippen molar-refractivity contribution in [1.29, 1.82) is 0 Å². The van der Waals surface area contributed by atoms with Gasteiger partial charge in [0.25, 0.3) is 19.0 Å². The predicted octanol–water partition coefficient (Wildman–Crippen LogP) is 5.82. The number of nitrogens with zero attached hydrogens (tertiary/aromatic N) is 4. The van der Waals surface area contributed by atoms with E-state index in [-0.39, 0.29) is 19.0 Å². The van der Waals surface area contributed by atoms with Gasteiger partial charge in [0.1, 0.15) is 0 Å². The zero-order valence-corrected chi connectivity index (χ0v) is 17.0. The molecule has 0 fully saturated rings. The van der Waals surface area contributed by atoms with Crippen LogP contribution in [0.3, 0.4) is 0 Å². The van der Waals surface area contributed by atoms with Gasteiger partial charge in [0.2, 0.25) is 0 Å². The van der Waals surface area contributed by atoms with Crippen LogP contribution < -0.4 is 0 Å². The monoisotopic (exact) mass is 384 g/mol. The van der Waals surface area contributed by atoms with Gasteiger partial charge in [-0.2, -0.15) is 0 Å². The molecule has 0 spiro atoms. The number of ether oxygens (including phenoxy) is 1. The van der Waals surface area contributed by atoms with Gasteiger partial charge < -0.3 is 4.74 Å². The number of esters is 1. The van der Waals surface area contributed by atoms with E-state index in [1.54, 1.807) is 0 Å². The summed E-state index contributed by atoms with van der Waals surface area (Å²) in [7, 11) is 0. The highest BCUT2D eigenvalue weighted by Gasteiger charge is 2.10. The summed E-state index contributed by atoms with van der Waals surface area (Å²) in [5.74, 6) is -0.627. The van der Waals surface area contributed by atoms with Crippen LogP contribution in [0, 0.1) is 19.7 Å². The van der Waals surface area contributed by atoms with Crippen LogP contribution in [0.25, 0.3) is 14.5 Å². The minimum absolute atomic E-state index is 0.0588. The second kappa shape index (κ2) is 19.0. The lowest BCUT2D eigenvalue weighted by Crippen LogP contribution is -2.15. The van der Waals surface area contributed by atoms with Crippen molar-refractivity contribution in [2.45, 2.75) is 71.1 Å². The third kappa shape index (κ3) is 14.4. The van der Waals surface area contributed by atoms with Crippen molar-refractivity contribution < 1.29 is 9.53 Å². The summed E-state index contributed by atoms with van der Waals surface area (Å²) in [6, 6.07) is 0. The summed E-state index contributed by atoms with van der Waals surface area (Å²) in [5, 5.41) is 0. The first-order chi connectivity index (χ1) is 13.7. The standard InChI is InChI=1S/C22H32N4O2/c1-5-6-7-8-9-10-11-12-13-14-18-28-22(27)21(25-4)16-15-17-26(19-23-2)20-24-3/h15-17H,5-14,18-20H2,1H3. The van der Waals surface area contributed by atoms with Gasteiger partial charge in [-0.25, -0.2) is 22.9 Å². The molecule has 6 heteroatoms. The maximum Gasteiger partial charge on any atom is 0.336 e. The van der Waals surface area contributed by atoms with E-state index in [2.05, 4.69) is 21.5 Å². The van der Waals surface area contributed by atoms with Crippen molar-refractivity contribution in [2.75, 3.05) is 19.9 Å². The fourth-order valence-corrected chi connectivity index (χ4v) is 2.56. The van der Waals surface area contributed by atoms with Crippen molar-refractivity contribution >= 4 is 5.97 Å². The van der Waals surface area contributed by atoms with E-state index in [9.17, 15) is 4.79 Å². The molecule has 0 aliphatic heterocycles. The zero-order valence-electron chi connectivity index (χ0n) is 17.0. The maximum atomic E-state index is 11.9. The molecule has 0 atom stereocenters. The van der Waals surface area contributed by atoms with Crippen LogP contribution in [0.4, 0.5) is 0 Å². The Hall–Kier alpha value is -2.78. The number of hydrogen-bond donors (Lipinski definition) is 0. The molecule has 28 heavy (non-hydrogen) atoms. The lowest BCUT2D eigenvalue weighted by Gasteiger charge is -2.05. The molecular formula is C22H32N4O2. The lowest BCUT2D eigenvalue weighted by atomic mass is 10.1. The summed E-state index contributed by atoms with van der Waals surface area (Å²) in [6.45, 7) is 23.4. The molecule has 0 radical (unpaired) electrons. The third-order valence-corrected chi connectivity index (χ3v) is 4.12. The Morgan fingerprint density at radius 3 is 1.93 bits per heavy atom. The number of rotatable bonds is 16. The highest BCUT2D eigenvalue weighted by molar-refractivity contribution is 5.90. The average molecular weight is 385 g/mol. The first-order valence-corrected chi connectivity index (χ1v) is 10.0. The Balaban J connectivity index is 3.98. The molecule has 0 rings (SSSR count). The summed E-state index contributed by atoms with van der Waals surface area (Å²) in [5.41, 5.74) is -0.103. The molecule has 6 nitrogen and oxygen atoms in total. The molecule has 0 aliphatic rings. The summed E-state index contributed by atoms with van der Waals surface area (Å²) in [6.07, 6.45) is 16.5. The minimum atomic E-state index is -0.627. The largest absolute Gasteiger partial charge is 0.471 e. The van der Waals surface area contributed by atoms with Gasteiger partial charge in [-0.1, -0.05) is 70.8 Å². The molecule has 0 saturated heterocycles. The van der Waals surface area contributed by atoms with E-state index in [1.807, 2.05) is 0 Å². The van der Waals surface area contributed by atoms with Gasteiger partial charge in [-0.15, -0.1) is 0 Å². The fraction of sp³-hybridized carbons (Fsp3) is 0.636. The SMILES string of the molecule is [C-]#[N+]CN(C=CC=C([N+]#[C-])C(=O)OCCCCCCCCCCCC)C[N+]#[C-]. The van der Waals surface area contributed by atoms with Crippen LogP contribution in [-0.2, 0) is 9.53 Å². The van der Waals surface area contributed by atoms with Gasteiger partial charge in [0, 0.05) is 6.20 Å². The lowest BCUT2D eigenvalue weighted by molar-refractivity contribution is -0.138. The van der Waals surface area contributed by atoms with Crippen molar-refractivity contribution in [2.24, 2.45) is 0 Å². The van der Waals surface area contributed by atoms with Crippen LogP contribution in [0.1, 0.15) is 71.1 Å². The van der Waals surface area contributed by atoms with Gasteiger partial charge in [0.05, 0.1) is 13.2 Å². The van der Waals surface area contributed by atoms with Gasteiger partial charge in [-0.3, -0.25) is 14.5 Å². The van der Waals surface area contributed by atoms with Crippen molar-refractivity contribution in [3.05, 3.63) is 58.3 Å². The molecule has 0 N–H and O–H groups in total. The second-order valence-corrected chi connectivity index (χ2v) is 6.51. The first kappa shape index (κ1) is 25.2. The third-order valence-electron chi connectivity index (χ3n) is 4.12. The van der Waals surface area contributed by atoms with E-state index >= 15 is 0 Å². The fourth-order valence-electron chi connectivity index (χ4n) is 2.56. The van der Waals surface area contributed by atoms with E-state index in [4.69, 9.17) is 24.5 Å². The van der Waals surface area contributed by atoms with Crippen LogP contribution in [0.5, 0.6) is 0 Å². The topological polar surface area (TPSA) is 42.6 Å². The minimum Gasteiger partial charge on any atom is -0.471 e. The first-order valence-electron chi connectivity index (χ1n) is 10.0. The highest BCUT2D eigenvalue weighted by Crippen LogP contribution is 2.11. The quantitative estimate of drug-likeness (QED) is 0.111. The normalized spacial score (nSPS) is 10.9. The second-order valence-electron chi connectivity index (χ2n) is 6.51. The van der Waals surface area contributed by atoms with Gasteiger partial charge >= 0.3 is 5.97 Å². The molecule has 0 saturated carbocycles. The van der Waals surface area contributed by atoms with Crippen molar-refractivity contribution in [1.82, 2.24) is 4.90 Å². The van der Waals surface area contributed by atoms with E-state index in [0.29, 0.717) is 6.61 Å². The van der Waals surface area contributed by atoms with Crippen molar-refractivity contribution in [3.8, 4) is 0 Å². The van der Waals surface area contributed by atoms with Gasteiger partial charge in [0.15, 0.2) is 0 Å². The smallest absolute Gasteiger partial charge is 0.336 e. The van der Waals surface area contributed by atoms with Gasteiger partial charge in [-0.05, 0) is 12.5 Å². The molecule has 0 aromatic carbocycles. The molecule has 152 valence electrons. The van der Waals surface area contributed by atoms with Crippen LogP contribution in [0.15, 0.2) is 24.0 Å². The van der Waals surface area contributed by atoms with Crippen LogP contribution in [0.2, 0.25) is 0 Å². The molecule has 0 heterocycles. The average Bonchev–Trinajstić information content (AvgIpc) is 2.69. The molecule has 0 amide bonds. The number of hydrogen-bond acceptors (Lipinski definition) is 3. The molecule has 0 unspecified atom stereocenters. The number of carbonyl (C=O) groups is 1.